The van der Waals surface area contributed by atoms with Crippen molar-refractivity contribution in [2.45, 2.75) is 31.9 Å². The lowest BCUT2D eigenvalue weighted by atomic mass is 10.1. The van der Waals surface area contributed by atoms with Crippen molar-refractivity contribution in [3.05, 3.63) is 70.0 Å². The molecule has 0 aliphatic carbocycles. The summed E-state index contributed by atoms with van der Waals surface area (Å²) in [5.41, 5.74) is 0.989. The first-order valence-corrected chi connectivity index (χ1v) is 11.5. The number of aromatic nitrogens is 4. The van der Waals surface area contributed by atoms with E-state index < -0.39 is 24.0 Å². The van der Waals surface area contributed by atoms with Crippen LogP contribution in [0, 0.1) is 11.6 Å². The first-order valence-electron chi connectivity index (χ1n) is 10.3. The first kappa shape index (κ1) is 21.7. The third-order valence-corrected chi connectivity index (χ3v) is 6.79. The maximum atomic E-state index is 14.9. The van der Waals surface area contributed by atoms with Crippen LogP contribution in [0.5, 0.6) is 0 Å². The normalized spacial score (nSPS) is 15.1. The third kappa shape index (κ3) is 4.05. The molecule has 1 aliphatic heterocycles. The summed E-state index contributed by atoms with van der Waals surface area (Å²) in [7, 11) is 0. The smallest absolute Gasteiger partial charge is 0.329 e. The van der Waals surface area contributed by atoms with Crippen molar-refractivity contribution in [3.63, 3.8) is 0 Å². The second kappa shape index (κ2) is 8.69. The van der Waals surface area contributed by atoms with E-state index in [0.717, 1.165) is 30.4 Å². The van der Waals surface area contributed by atoms with Gasteiger partial charge in [0.1, 0.15) is 11.6 Å². The van der Waals surface area contributed by atoms with Crippen LogP contribution in [-0.4, -0.2) is 30.8 Å². The Kier molecular flexibility index (Phi) is 5.73. The number of halogens is 4. The standard InChI is InChI=1S/C22H18F4N4O2S/c23-14-3-4-17-18(10-14)29(22(31)30(17)15-5-7-33-8-6-15)11-13-2-1-12(9-16(13)24)20-27-28-21(32-20)19(25)26/h1-4,9-10,15,19H,5-8,11H2. The summed E-state index contributed by atoms with van der Waals surface area (Å²) in [5, 5.41) is 6.76. The fraction of sp³-hybridized carbons (Fsp3) is 0.318. The Morgan fingerprint density at radius 3 is 2.55 bits per heavy atom. The van der Waals surface area contributed by atoms with E-state index >= 15 is 0 Å². The lowest BCUT2D eigenvalue weighted by Crippen LogP contribution is -2.29. The molecule has 11 heteroatoms. The second-order valence-corrected chi connectivity index (χ2v) is 8.99. The van der Waals surface area contributed by atoms with Gasteiger partial charge in [0, 0.05) is 17.2 Å². The summed E-state index contributed by atoms with van der Waals surface area (Å²) in [6.45, 7) is -0.120. The molecular formula is C22H18F4N4O2S. The largest absolute Gasteiger partial charge is 0.415 e. The van der Waals surface area contributed by atoms with Crippen molar-refractivity contribution in [1.82, 2.24) is 19.3 Å². The third-order valence-electron chi connectivity index (χ3n) is 5.74. The Hall–Kier alpha value is -3.08. The van der Waals surface area contributed by atoms with Gasteiger partial charge in [0.05, 0.1) is 17.6 Å². The number of imidazole rings is 1. The molecule has 0 N–H and O–H groups in total. The summed E-state index contributed by atoms with van der Waals surface area (Å²) in [6.07, 6.45) is -1.27. The molecule has 2 aromatic carbocycles. The van der Waals surface area contributed by atoms with Gasteiger partial charge in [-0.25, -0.2) is 13.6 Å². The van der Waals surface area contributed by atoms with Gasteiger partial charge in [0.2, 0.25) is 5.89 Å². The van der Waals surface area contributed by atoms with Gasteiger partial charge in [-0.1, -0.05) is 6.07 Å². The molecule has 1 fully saturated rings. The van der Waals surface area contributed by atoms with Gasteiger partial charge in [-0.2, -0.15) is 20.5 Å². The lowest BCUT2D eigenvalue weighted by Gasteiger charge is -2.22. The Morgan fingerprint density at radius 2 is 1.85 bits per heavy atom. The van der Waals surface area contributed by atoms with Gasteiger partial charge in [0.25, 0.3) is 5.89 Å². The highest BCUT2D eigenvalue weighted by Gasteiger charge is 2.24. The number of hydrogen-bond donors (Lipinski definition) is 0. The van der Waals surface area contributed by atoms with Crippen LogP contribution >= 0.6 is 11.8 Å². The van der Waals surface area contributed by atoms with Crippen LogP contribution < -0.4 is 5.69 Å². The fourth-order valence-corrected chi connectivity index (χ4v) is 5.20. The summed E-state index contributed by atoms with van der Waals surface area (Å²) >= 11 is 1.83. The Morgan fingerprint density at radius 1 is 1.06 bits per heavy atom. The highest BCUT2D eigenvalue weighted by Crippen LogP contribution is 2.30. The van der Waals surface area contributed by atoms with E-state index in [-0.39, 0.29) is 35.3 Å². The zero-order valence-corrected chi connectivity index (χ0v) is 18.0. The molecule has 0 amide bonds. The van der Waals surface area contributed by atoms with E-state index in [1.807, 2.05) is 11.8 Å². The molecule has 0 unspecified atom stereocenters. The molecule has 1 saturated heterocycles. The van der Waals surface area contributed by atoms with Gasteiger partial charge >= 0.3 is 12.1 Å². The van der Waals surface area contributed by atoms with Gasteiger partial charge in [-0.05, 0) is 54.7 Å². The molecule has 0 spiro atoms. The first-order chi connectivity index (χ1) is 15.9. The predicted octanol–water partition coefficient (Wildman–Crippen LogP) is 5.19. The molecule has 33 heavy (non-hydrogen) atoms. The number of thioether (sulfide) groups is 1. The minimum absolute atomic E-state index is 0.00161. The van der Waals surface area contributed by atoms with E-state index in [0.29, 0.717) is 11.0 Å². The number of benzene rings is 2. The minimum Gasteiger partial charge on any atom is -0.415 e. The SMILES string of the molecule is O=c1n(Cc2ccc(-c3nnc(C(F)F)o3)cc2F)c2cc(F)ccc2n1C1CCSCC1. The van der Waals surface area contributed by atoms with Gasteiger partial charge in [0.15, 0.2) is 0 Å². The molecule has 0 atom stereocenters. The quantitative estimate of drug-likeness (QED) is 0.370. The molecule has 5 rings (SSSR count). The number of alkyl halides is 2. The minimum atomic E-state index is -2.93. The van der Waals surface area contributed by atoms with Crippen molar-refractivity contribution < 1.29 is 22.0 Å². The van der Waals surface area contributed by atoms with E-state index in [1.54, 1.807) is 10.6 Å². The number of hydrogen-bond acceptors (Lipinski definition) is 5. The number of fused-ring (bicyclic) bond motifs is 1. The van der Waals surface area contributed by atoms with E-state index in [1.165, 1.54) is 28.8 Å². The van der Waals surface area contributed by atoms with Crippen molar-refractivity contribution in [3.8, 4) is 11.5 Å². The molecule has 6 nitrogen and oxygen atoms in total. The van der Waals surface area contributed by atoms with Gasteiger partial charge in [-0.15, -0.1) is 10.2 Å². The van der Waals surface area contributed by atoms with E-state index in [4.69, 9.17) is 4.42 Å². The van der Waals surface area contributed by atoms with Gasteiger partial charge in [-0.3, -0.25) is 9.13 Å². The van der Waals surface area contributed by atoms with Crippen molar-refractivity contribution in [1.29, 1.82) is 0 Å². The van der Waals surface area contributed by atoms with E-state index in [2.05, 4.69) is 10.2 Å². The summed E-state index contributed by atoms with van der Waals surface area (Å²) < 4.78 is 62.2. The zero-order valence-electron chi connectivity index (χ0n) is 17.2. The maximum absolute atomic E-state index is 14.9. The summed E-state index contributed by atoms with van der Waals surface area (Å²) in [6, 6.07) is 8.13. The Bertz CT molecular complexity index is 1370. The van der Waals surface area contributed by atoms with Crippen molar-refractivity contribution >= 4 is 22.8 Å². The average molecular weight is 478 g/mol. The molecule has 2 aromatic heterocycles. The fourth-order valence-electron chi connectivity index (χ4n) is 4.12. The average Bonchev–Trinajstić information content (AvgIpc) is 3.40. The van der Waals surface area contributed by atoms with Crippen LogP contribution in [0.4, 0.5) is 17.6 Å². The van der Waals surface area contributed by atoms with Crippen LogP contribution in [0.2, 0.25) is 0 Å². The summed E-state index contributed by atoms with van der Waals surface area (Å²) in [5.74, 6) is -0.385. The van der Waals surface area contributed by atoms with Crippen LogP contribution in [0.15, 0.2) is 45.6 Å². The molecule has 1 aliphatic rings. The molecule has 4 aromatic rings. The predicted molar refractivity (Wildman–Crippen MR) is 116 cm³/mol. The topological polar surface area (TPSA) is 65.8 Å². The van der Waals surface area contributed by atoms with Crippen LogP contribution in [0.25, 0.3) is 22.5 Å². The Balaban J connectivity index is 1.53. The number of nitrogens with zero attached hydrogens (tertiary/aromatic N) is 4. The molecule has 0 radical (unpaired) electrons. The molecule has 172 valence electrons. The molecular weight excluding hydrogens is 460 g/mol. The number of rotatable bonds is 5. The van der Waals surface area contributed by atoms with Crippen LogP contribution in [0.1, 0.15) is 36.8 Å². The highest BCUT2D eigenvalue weighted by molar-refractivity contribution is 7.99. The molecule has 0 bridgehead atoms. The maximum Gasteiger partial charge on any atom is 0.329 e. The van der Waals surface area contributed by atoms with Crippen molar-refractivity contribution in [2.75, 3.05) is 11.5 Å². The van der Waals surface area contributed by atoms with Crippen molar-refractivity contribution in [2.24, 2.45) is 0 Å². The monoisotopic (exact) mass is 478 g/mol. The van der Waals surface area contributed by atoms with E-state index in [9.17, 15) is 22.4 Å². The Labute approximate surface area is 189 Å². The molecule has 3 heterocycles. The lowest BCUT2D eigenvalue weighted by molar-refractivity contribution is 0.116. The summed E-state index contributed by atoms with van der Waals surface area (Å²) in [4.78, 5) is 13.3. The molecule has 0 saturated carbocycles. The second-order valence-electron chi connectivity index (χ2n) is 7.77. The zero-order chi connectivity index (χ0) is 23.1. The van der Waals surface area contributed by atoms with Crippen LogP contribution in [-0.2, 0) is 6.54 Å². The van der Waals surface area contributed by atoms with Crippen LogP contribution in [0.3, 0.4) is 0 Å². The van der Waals surface area contributed by atoms with Gasteiger partial charge < -0.3 is 4.42 Å². The highest BCUT2D eigenvalue weighted by atomic mass is 32.2.